The molecule has 0 unspecified atom stereocenters. The van der Waals surface area contributed by atoms with Gasteiger partial charge in [0.15, 0.2) is 5.78 Å². The molecule has 0 radical (unpaired) electrons. The van der Waals surface area contributed by atoms with Gasteiger partial charge in [-0.05, 0) is 35.4 Å². The van der Waals surface area contributed by atoms with Crippen LogP contribution in [-0.2, 0) is 0 Å². The second kappa shape index (κ2) is 7.25. The number of carbonyl (C=O) groups is 1. The lowest BCUT2D eigenvalue weighted by atomic mass is 10.0. The van der Waals surface area contributed by atoms with E-state index in [1.165, 1.54) is 16.9 Å². The minimum absolute atomic E-state index is 0.209. The van der Waals surface area contributed by atoms with Crippen LogP contribution in [0.25, 0.3) is 0 Å². The van der Waals surface area contributed by atoms with Crippen molar-refractivity contribution in [1.29, 1.82) is 0 Å². The zero-order valence-electron chi connectivity index (χ0n) is 12.0. The number of hydrogen-bond donors (Lipinski definition) is 0. The van der Waals surface area contributed by atoms with Crippen molar-refractivity contribution in [3.63, 3.8) is 0 Å². The summed E-state index contributed by atoms with van der Waals surface area (Å²) in [6.07, 6.45) is 1.30. The second-order valence-corrected chi connectivity index (χ2v) is 5.99. The molecule has 0 fully saturated rings. The van der Waals surface area contributed by atoms with Crippen molar-refractivity contribution in [2.75, 3.05) is 6.61 Å². The summed E-state index contributed by atoms with van der Waals surface area (Å²) in [6.45, 7) is 4.89. The fourth-order valence-corrected chi connectivity index (χ4v) is 2.76. The highest BCUT2D eigenvalue weighted by atomic mass is 32.1. The Morgan fingerprint density at radius 1 is 1.20 bits per heavy atom. The van der Waals surface area contributed by atoms with Gasteiger partial charge in [0.05, 0.1) is 11.5 Å². The zero-order chi connectivity index (χ0) is 14.4. The van der Waals surface area contributed by atoms with Gasteiger partial charge in [0, 0.05) is 6.42 Å². The van der Waals surface area contributed by atoms with E-state index >= 15 is 0 Å². The lowest BCUT2D eigenvalue weighted by Gasteiger charge is -2.13. The molecule has 1 aromatic carbocycles. The van der Waals surface area contributed by atoms with Crippen LogP contribution in [0.1, 0.15) is 47.8 Å². The number of rotatable bonds is 7. The van der Waals surface area contributed by atoms with Gasteiger partial charge in [0.25, 0.3) is 0 Å². The van der Waals surface area contributed by atoms with E-state index in [0.717, 1.165) is 17.0 Å². The summed E-state index contributed by atoms with van der Waals surface area (Å²) in [5, 5.41) is 1.93. The molecule has 20 heavy (non-hydrogen) atoms. The number of hydrogen-bond acceptors (Lipinski definition) is 3. The molecule has 0 aliphatic carbocycles. The fourth-order valence-electron chi connectivity index (χ4n) is 2.06. The Kier molecular flexibility index (Phi) is 5.36. The van der Waals surface area contributed by atoms with Gasteiger partial charge in [-0.3, -0.25) is 4.79 Å². The first-order chi connectivity index (χ1) is 9.68. The average Bonchev–Trinajstić information content (AvgIpc) is 2.98. The van der Waals surface area contributed by atoms with Gasteiger partial charge >= 0.3 is 0 Å². The van der Waals surface area contributed by atoms with Gasteiger partial charge in [-0.15, -0.1) is 11.3 Å². The highest BCUT2D eigenvalue weighted by Gasteiger charge is 2.08. The van der Waals surface area contributed by atoms with E-state index < -0.39 is 0 Å². The van der Waals surface area contributed by atoms with Crippen LogP contribution in [0.15, 0.2) is 41.8 Å². The van der Waals surface area contributed by atoms with E-state index in [4.69, 9.17) is 4.74 Å². The van der Waals surface area contributed by atoms with Crippen LogP contribution in [0.5, 0.6) is 5.75 Å². The summed E-state index contributed by atoms with van der Waals surface area (Å²) < 4.78 is 5.82. The van der Waals surface area contributed by atoms with Crippen LogP contribution >= 0.6 is 11.3 Å². The molecule has 1 aromatic heterocycles. The molecule has 106 valence electrons. The van der Waals surface area contributed by atoms with Crippen LogP contribution < -0.4 is 4.74 Å². The molecule has 0 aliphatic rings. The van der Waals surface area contributed by atoms with E-state index in [1.54, 1.807) is 0 Å². The monoisotopic (exact) mass is 288 g/mol. The van der Waals surface area contributed by atoms with Crippen molar-refractivity contribution in [2.45, 2.75) is 32.6 Å². The lowest BCUT2D eigenvalue weighted by molar-refractivity contribution is 0.0977. The van der Waals surface area contributed by atoms with E-state index in [9.17, 15) is 4.79 Å². The smallest absolute Gasteiger partial charge is 0.172 e. The Morgan fingerprint density at radius 3 is 2.70 bits per heavy atom. The first kappa shape index (κ1) is 14.8. The molecule has 3 heteroatoms. The Labute approximate surface area is 124 Å². The molecule has 1 heterocycles. The predicted octanol–water partition coefficient (Wildman–Crippen LogP) is 4.91. The molecule has 0 amide bonds. The zero-order valence-corrected chi connectivity index (χ0v) is 12.8. The van der Waals surface area contributed by atoms with E-state index in [0.29, 0.717) is 18.9 Å². The molecule has 2 rings (SSSR count). The maximum atomic E-state index is 11.8. The SMILES string of the molecule is CC(C)c1ccccc1OCCCC(=O)c1cccs1. The molecule has 0 saturated heterocycles. The Hall–Kier alpha value is -1.61. The summed E-state index contributed by atoms with van der Waals surface area (Å²) in [7, 11) is 0. The summed E-state index contributed by atoms with van der Waals surface area (Å²) >= 11 is 1.50. The van der Waals surface area contributed by atoms with Crippen LogP contribution in [0.3, 0.4) is 0 Å². The lowest BCUT2D eigenvalue weighted by Crippen LogP contribution is -2.04. The number of Topliss-reactive ketones (excluding diaryl/α,β-unsaturated/α-hetero) is 1. The van der Waals surface area contributed by atoms with Gasteiger partial charge in [0.2, 0.25) is 0 Å². The molecule has 0 atom stereocenters. The number of benzene rings is 1. The predicted molar refractivity (Wildman–Crippen MR) is 83.9 cm³/mol. The standard InChI is InChI=1S/C17H20O2S/c1-13(2)14-7-3-4-9-16(14)19-11-5-8-15(18)17-10-6-12-20-17/h3-4,6-7,9-10,12-13H,5,8,11H2,1-2H3. The average molecular weight is 288 g/mol. The highest BCUT2D eigenvalue weighted by Crippen LogP contribution is 2.26. The summed E-state index contributed by atoms with van der Waals surface area (Å²) in [5.41, 5.74) is 1.22. The number of thiophene rings is 1. The first-order valence-electron chi connectivity index (χ1n) is 6.97. The van der Waals surface area contributed by atoms with E-state index in [1.807, 2.05) is 35.7 Å². The van der Waals surface area contributed by atoms with Gasteiger partial charge in [-0.25, -0.2) is 0 Å². The molecule has 0 N–H and O–H groups in total. The molecular weight excluding hydrogens is 268 g/mol. The van der Waals surface area contributed by atoms with E-state index in [-0.39, 0.29) is 5.78 Å². The number of para-hydroxylation sites is 1. The third kappa shape index (κ3) is 3.94. The van der Waals surface area contributed by atoms with Gasteiger partial charge < -0.3 is 4.74 Å². The molecule has 0 saturated carbocycles. The minimum Gasteiger partial charge on any atom is -0.493 e. The van der Waals surface area contributed by atoms with E-state index in [2.05, 4.69) is 19.9 Å². The van der Waals surface area contributed by atoms with Crippen molar-refractivity contribution >= 4 is 17.1 Å². The molecule has 2 nitrogen and oxygen atoms in total. The number of ether oxygens (including phenoxy) is 1. The van der Waals surface area contributed by atoms with Crippen LogP contribution in [-0.4, -0.2) is 12.4 Å². The van der Waals surface area contributed by atoms with Gasteiger partial charge in [0.1, 0.15) is 5.75 Å². The quantitative estimate of drug-likeness (QED) is 0.534. The van der Waals surface area contributed by atoms with Crippen LogP contribution in [0.4, 0.5) is 0 Å². The summed E-state index contributed by atoms with van der Waals surface area (Å²) in [6, 6.07) is 11.9. The minimum atomic E-state index is 0.209. The number of carbonyl (C=O) groups excluding carboxylic acids is 1. The molecular formula is C17H20O2S. The van der Waals surface area contributed by atoms with Crippen molar-refractivity contribution in [1.82, 2.24) is 0 Å². The summed E-state index contributed by atoms with van der Waals surface area (Å²) in [5.74, 6) is 1.59. The van der Waals surface area contributed by atoms with Crippen molar-refractivity contribution < 1.29 is 9.53 Å². The summed E-state index contributed by atoms with van der Waals surface area (Å²) in [4.78, 5) is 12.7. The van der Waals surface area contributed by atoms with Crippen LogP contribution in [0, 0.1) is 0 Å². The van der Waals surface area contributed by atoms with Gasteiger partial charge in [-0.2, -0.15) is 0 Å². The fraction of sp³-hybridized carbons (Fsp3) is 0.353. The first-order valence-corrected chi connectivity index (χ1v) is 7.85. The van der Waals surface area contributed by atoms with Gasteiger partial charge in [-0.1, -0.05) is 38.1 Å². The molecule has 0 spiro atoms. The normalized spacial score (nSPS) is 10.8. The van der Waals surface area contributed by atoms with Crippen molar-refractivity contribution in [3.05, 3.63) is 52.2 Å². The van der Waals surface area contributed by atoms with Crippen LogP contribution in [0.2, 0.25) is 0 Å². The number of ketones is 1. The maximum absolute atomic E-state index is 11.8. The maximum Gasteiger partial charge on any atom is 0.172 e. The highest BCUT2D eigenvalue weighted by molar-refractivity contribution is 7.12. The molecule has 2 aromatic rings. The van der Waals surface area contributed by atoms with Crippen molar-refractivity contribution in [3.8, 4) is 5.75 Å². The third-order valence-electron chi connectivity index (χ3n) is 3.14. The molecule has 0 aliphatic heterocycles. The third-order valence-corrected chi connectivity index (χ3v) is 4.05. The Bertz CT molecular complexity index is 544. The largest absolute Gasteiger partial charge is 0.493 e. The Balaban J connectivity index is 1.80. The second-order valence-electron chi connectivity index (χ2n) is 5.05. The Morgan fingerprint density at radius 2 is 2.00 bits per heavy atom. The van der Waals surface area contributed by atoms with Crippen molar-refractivity contribution in [2.24, 2.45) is 0 Å². The molecule has 0 bridgehead atoms. The topological polar surface area (TPSA) is 26.3 Å².